The molecule has 2 aromatic rings. The smallest absolute Gasteiger partial charge is 0.125 e. The summed E-state index contributed by atoms with van der Waals surface area (Å²) in [5.74, 6) is 6.60. The van der Waals surface area contributed by atoms with Crippen molar-refractivity contribution in [3.63, 3.8) is 0 Å². The first-order valence-corrected chi connectivity index (χ1v) is 8.20. The molecule has 0 bridgehead atoms. The number of aliphatic hydroxyl groups is 1. The first kappa shape index (κ1) is 18.6. The fourth-order valence-electron chi connectivity index (χ4n) is 2.33. The van der Waals surface area contributed by atoms with E-state index in [0.29, 0.717) is 17.9 Å². The summed E-state index contributed by atoms with van der Waals surface area (Å²) < 4.78 is 5.76. The van der Waals surface area contributed by atoms with E-state index in [4.69, 9.17) is 16.3 Å². The van der Waals surface area contributed by atoms with E-state index < -0.39 is 6.10 Å². The molecule has 5 heteroatoms. The third-order valence-electron chi connectivity index (χ3n) is 3.68. The Morgan fingerprint density at radius 1 is 1.16 bits per heavy atom. The van der Waals surface area contributed by atoms with Crippen LogP contribution < -0.4 is 21.3 Å². The summed E-state index contributed by atoms with van der Waals surface area (Å²) in [5.41, 5.74) is 7.66. The fraction of sp³-hybridized carbons (Fsp3) is 0.200. The van der Waals surface area contributed by atoms with Crippen molar-refractivity contribution < 1.29 is 9.84 Å². The molecule has 0 aliphatic carbocycles. The van der Waals surface area contributed by atoms with Crippen molar-refractivity contribution in [2.24, 2.45) is 11.6 Å². The molecule has 5 nitrogen and oxygen atoms in total. The van der Waals surface area contributed by atoms with Gasteiger partial charge in [0.05, 0.1) is 18.0 Å². The number of hydrazine groups is 1. The summed E-state index contributed by atoms with van der Waals surface area (Å²) in [4.78, 5) is 0. The lowest BCUT2D eigenvalue weighted by molar-refractivity contribution is 0.204. The number of hydrogen-bond donors (Lipinski definition) is 3. The van der Waals surface area contributed by atoms with Gasteiger partial charge >= 0.3 is 0 Å². The van der Waals surface area contributed by atoms with Gasteiger partial charge in [-0.25, -0.2) is 5.84 Å². The van der Waals surface area contributed by atoms with Gasteiger partial charge in [0.25, 0.3) is 0 Å². The van der Waals surface area contributed by atoms with Crippen LogP contribution in [0, 0.1) is 0 Å². The summed E-state index contributed by atoms with van der Waals surface area (Å²) in [6.07, 6.45) is 4.10. The molecule has 25 heavy (non-hydrogen) atoms. The predicted octanol–water partition coefficient (Wildman–Crippen LogP) is 3.25. The van der Waals surface area contributed by atoms with Crippen LogP contribution in [0.1, 0.15) is 24.5 Å². The van der Waals surface area contributed by atoms with E-state index >= 15 is 0 Å². The molecular formula is C20H25N3O2. The normalized spacial score (nSPS) is 12.5. The van der Waals surface area contributed by atoms with Gasteiger partial charge in [0.15, 0.2) is 0 Å². The van der Waals surface area contributed by atoms with Gasteiger partial charge in [0, 0.05) is 11.8 Å². The zero-order valence-electron chi connectivity index (χ0n) is 14.2. The van der Waals surface area contributed by atoms with Crippen molar-refractivity contribution in [3.05, 3.63) is 84.7 Å². The van der Waals surface area contributed by atoms with Crippen molar-refractivity contribution >= 4 is 5.69 Å². The molecule has 1 atom stereocenters. The molecule has 0 aromatic heterocycles. The second-order valence-electron chi connectivity index (χ2n) is 5.59. The molecule has 0 spiro atoms. The number of unbranched alkanes of at least 4 members (excludes halogenated alkanes) is 1. The third kappa shape index (κ3) is 5.38. The number of aliphatic hydroxyl groups excluding tert-OH is 1. The molecule has 0 saturated heterocycles. The maximum absolute atomic E-state index is 10.6. The van der Waals surface area contributed by atoms with E-state index in [1.54, 1.807) is 6.07 Å². The molecule has 0 aliphatic rings. The van der Waals surface area contributed by atoms with Crippen LogP contribution in [0.15, 0.2) is 79.1 Å². The van der Waals surface area contributed by atoms with Crippen molar-refractivity contribution in [3.8, 4) is 5.75 Å². The predicted molar refractivity (Wildman–Crippen MR) is 102 cm³/mol. The SMILES string of the molecule is C=CCCCOc1ccccc1C(O)/C(N)=C/N(N)c1ccccc1. The van der Waals surface area contributed by atoms with Crippen molar-refractivity contribution in [1.29, 1.82) is 0 Å². The Hall–Kier alpha value is -2.76. The highest BCUT2D eigenvalue weighted by Gasteiger charge is 2.16. The number of ether oxygens (including phenoxy) is 1. The van der Waals surface area contributed by atoms with Crippen molar-refractivity contribution in [2.75, 3.05) is 11.6 Å². The average Bonchev–Trinajstić information content (AvgIpc) is 2.65. The van der Waals surface area contributed by atoms with Gasteiger partial charge < -0.3 is 15.6 Å². The Morgan fingerprint density at radius 2 is 1.84 bits per heavy atom. The van der Waals surface area contributed by atoms with Crippen LogP contribution in [0.5, 0.6) is 5.75 Å². The summed E-state index contributed by atoms with van der Waals surface area (Å²) in [5, 5.41) is 12.0. The molecule has 2 aromatic carbocycles. The molecule has 0 aliphatic heterocycles. The monoisotopic (exact) mass is 339 g/mol. The number of rotatable bonds is 9. The van der Waals surface area contributed by atoms with E-state index in [1.165, 1.54) is 11.2 Å². The van der Waals surface area contributed by atoms with Crippen molar-refractivity contribution in [2.45, 2.75) is 18.9 Å². The minimum Gasteiger partial charge on any atom is -0.493 e. The van der Waals surface area contributed by atoms with Gasteiger partial charge in [-0.05, 0) is 31.0 Å². The number of allylic oxidation sites excluding steroid dienone is 1. The lowest BCUT2D eigenvalue weighted by Gasteiger charge is -2.19. The molecule has 0 fully saturated rings. The van der Waals surface area contributed by atoms with E-state index in [2.05, 4.69) is 6.58 Å². The maximum atomic E-state index is 10.6. The third-order valence-corrected chi connectivity index (χ3v) is 3.68. The summed E-state index contributed by atoms with van der Waals surface area (Å²) in [6, 6.07) is 16.7. The number of anilines is 1. The topological polar surface area (TPSA) is 84.7 Å². The highest BCUT2D eigenvalue weighted by molar-refractivity contribution is 5.48. The molecule has 0 radical (unpaired) electrons. The van der Waals surface area contributed by atoms with Gasteiger partial charge in [-0.1, -0.05) is 42.5 Å². The van der Waals surface area contributed by atoms with Crippen LogP contribution in [0.4, 0.5) is 5.69 Å². The van der Waals surface area contributed by atoms with E-state index in [9.17, 15) is 5.11 Å². The number of benzene rings is 2. The van der Waals surface area contributed by atoms with E-state index in [1.807, 2.05) is 54.6 Å². The van der Waals surface area contributed by atoms with Gasteiger partial charge in [0.2, 0.25) is 0 Å². The highest BCUT2D eigenvalue weighted by Crippen LogP contribution is 2.28. The average molecular weight is 339 g/mol. The number of para-hydroxylation sites is 2. The van der Waals surface area contributed by atoms with Gasteiger partial charge in [-0.2, -0.15) is 0 Å². The Bertz CT molecular complexity index is 701. The lowest BCUT2D eigenvalue weighted by atomic mass is 10.1. The van der Waals surface area contributed by atoms with E-state index in [0.717, 1.165) is 18.5 Å². The fourth-order valence-corrected chi connectivity index (χ4v) is 2.33. The Balaban J connectivity index is 2.12. The quantitative estimate of drug-likeness (QED) is 0.283. The van der Waals surface area contributed by atoms with Crippen LogP contribution in [0.2, 0.25) is 0 Å². The van der Waals surface area contributed by atoms with Gasteiger partial charge in [-0.3, -0.25) is 5.01 Å². The number of nitrogens with two attached hydrogens (primary N) is 2. The Labute approximate surface area is 148 Å². The van der Waals surface area contributed by atoms with Crippen LogP contribution in [-0.4, -0.2) is 11.7 Å². The molecule has 2 rings (SSSR count). The maximum Gasteiger partial charge on any atom is 0.125 e. The Kier molecular flexibility index (Phi) is 7.07. The Morgan fingerprint density at radius 3 is 2.56 bits per heavy atom. The largest absolute Gasteiger partial charge is 0.493 e. The summed E-state index contributed by atoms with van der Waals surface area (Å²) >= 11 is 0. The van der Waals surface area contributed by atoms with Gasteiger partial charge in [-0.15, -0.1) is 6.58 Å². The standard InChI is InChI=1S/C20H25N3O2/c1-2-3-9-14-25-19-13-8-7-12-17(19)20(24)18(21)15-23(22)16-10-5-4-6-11-16/h2,4-8,10-13,15,20,24H,1,3,9,14,21-22H2/b18-15-. The molecule has 1 unspecified atom stereocenters. The van der Waals surface area contributed by atoms with Crippen LogP contribution in [-0.2, 0) is 0 Å². The minimum absolute atomic E-state index is 0.230. The summed E-state index contributed by atoms with van der Waals surface area (Å²) in [7, 11) is 0. The molecule has 132 valence electrons. The summed E-state index contributed by atoms with van der Waals surface area (Å²) in [6.45, 7) is 4.24. The van der Waals surface area contributed by atoms with Crippen molar-refractivity contribution in [1.82, 2.24) is 0 Å². The zero-order valence-corrected chi connectivity index (χ0v) is 14.2. The molecule has 0 saturated carbocycles. The van der Waals surface area contributed by atoms with Crippen LogP contribution >= 0.6 is 0 Å². The zero-order chi connectivity index (χ0) is 18.1. The number of nitrogens with zero attached hydrogens (tertiary/aromatic N) is 1. The van der Waals surface area contributed by atoms with Gasteiger partial charge in [0.1, 0.15) is 11.9 Å². The van der Waals surface area contributed by atoms with Crippen LogP contribution in [0.25, 0.3) is 0 Å². The number of hydrogen-bond acceptors (Lipinski definition) is 5. The first-order valence-electron chi connectivity index (χ1n) is 8.20. The van der Waals surface area contributed by atoms with Crippen LogP contribution in [0.3, 0.4) is 0 Å². The minimum atomic E-state index is -1.01. The molecule has 5 N–H and O–H groups in total. The lowest BCUT2D eigenvalue weighted by Crippen LogP contribution is -2.27. The second-order valence-corrected chi connectivity index (χ2v) is 5.59. The molecule has 0 amide bonds. The second kappa shape index (κ2) is 9.52. The highest BCUT2D eigenvalue weighted by atomic mass is 16.5. The van der Waals surface area contributed by atoms with E-state index in [-0.39, 0.29) is 5.70 Å². The molecular weight excluding hydrogens is 314 g/mol. The molecule has 0 heterocycles. The first-order chi connectivity index (χ1) is 12.1.